The van der Waals surface area contributed by atoms with Gasteiger partial charge < -0.3 is 14.7 Å². The van der Waals surface area contributed by atoms with Crippen LogP contribution < -0.4 is 5.32 Å². The summed E-state index contributed by atoms with van der Waals surface area (Å²) in [7, 11) is 0. The minimum absolute atomic E-state index is 0.240. The molecule has 0 fully saturated rings. The zero-order valence-electron chi connectivity index (χ0n) is 21.9. The lowest BCUT2D eigenvalue weighted by Gasteiger charge is -2.22. The highest BCUT2D eigenvalue weighted by molar-refractivity contribution is 5.91. The number of benzene rings is 2. The number of carbonyl (C=O) groups is 1. The highest BCUT2D eigenvalue weighted by atomic mass is 16.3. The summed E-state index contributed by atoms with van der Waals surface area (Å²) in [5, 5.41) is 4.16. The van der Waals surface area contributed by atoms with Crippen molar-refractivity contribution in [3.63, 3.8) is 0 Å². The van der Waals surface area contributed by atoms with Gasteiger partial charge in [-0.15, -0.1) is 0 Å². The summed E-state index contributed by atoms with van der Waals surface area (Å²) in [6, 6.07) is 20.7. The summed E-state index contributed by atoms with van der Waals surface area (Å²) in [6.45, 7) is 6.85. The van der Waals surface area contributed by atoms with Crippen molar-refractivity contribution in [3.05, 3.63) is 119 Å². The first-order valence-electron chi connectivity index (χ1n) is 13.0. The van der Waals surface area contributed by atoms with Crippen LogP contribution in [0.5, 0.6) is 0 Å². The van der Waals surface area contributed by atoms with Gasteiger partial charge in [-0.3, -0.25) is 14.7 Å². The maximum absolute atomic E-state index is 12.6. The lowest BCUT2D eigenvalue weighted by atomic mass is 10.0. The van der Waals surface area contributed by atoms with Crippen LogP contribution in [0.4, 0.5) is 0 Å². The molecule has 7 nitrogen and oxygen atoms in total. The fourth-order valence-electron chi connectivity index (χ4n) is 4.71. The van der Waals surface area contributed by atoms with E-state index in [-0.39, 0.29) is 5.91 Å². The van der Waals surface area contributed by atoms with Crippen molar-refractivity contribution in [3.8, 4) is 0 Å². The van der Waals surface area contributed by atoms with Gasteiger partial charge in [-0.05, 0) is 55.2 Å². The number of pyridine rings is 1. The monoisotopic (exact) mass is 507 g/mol. The van der Waals surface area contributed by atoms with Crippen LogP contribution >= 0.6 is 0 Å². The molecule has 3 aromatic heterocycles. The van der Waals surface area contributed by atoms with Gasteiger partial charge in [0.15, 0.2) is 5.69 Å². The standard InChI is InChI=1S/C31H33N5O2/c1-22-10-11-25(23(2)17-22)19-36(16-13-24-18-34-28-9-4-3-8-27(24)28)20-30-35-29(21-38-30)31(37)33-15-12-26-7-5-6-14-32-26/h3-11,14,17-18,21,34H,12-13,15-16,19-20H2,1-2H3,(H,33,37). The number of fused-ring (bicyclic) bond motifs is 1. The number of rotatable bonds is 11. The molecule has 0 aliphatic heterocycles. The lowest BCUT2D eigenvalue weighted by molar-refractivity contribution is 0.0949. The molecule has 5 aromatic rings. The predicted octanol–water partition coefficient (Wildman–Crippen LogP) is 5.39. The van der Waals surface area contributed by atoms with Crippen LogP contribution in [0.3, 0.4) is 0 Å². The maximum Gasteiger partial charge on any atom is 0.273 e. The summed E-state index contributed by atoms with van der Waals surface area (Å²) in [4.78, 5) is 27.1. The molecule has 0 spiro atoms. The Hall–Kier alpha value is -4.23. The first-order chi connectivity index (χ1) is 18.5. The number of aryl methyl sites for hydroxylation is 2. The van der Waals surface area contributed by atoms with Crippen LogP contribution in [-0.2, 0) is 25.9 Å². The molecule has 3 heterocycles. The van der Waals surface area contributed by atoms with Crippen LogP contribution in [-0.4, -0.2) is 38.8 Å². The van der Waals surface area contributed by atoms with Crippen molar-refractivity contribution in [2.45, 2.75) is 39.8 Å². The Balaban J connectivity index is 1.25. The van der Waals surface area contributed by atoms with Crippen molar-refractivity contribution < 1.29 is 9.21 Å². The molecule has 2 N–H and O–H groups in total. The third kappa shape index (κ3) is 6.36. The summed E-state index contributed by atoms with van der Waals surface area (Å²) in [5.74, 6) is 0.291. The van der Waals surface area contributed by atoms with E-state index in [0.717, 1.165) is 30.7 Å². The molecule has 0 saturated heterocycles. The van der Waals surface area contributed by atoms with Gasteiger partial charge in [-0.25, -0.2) is 4.98 Å². The molecule has 1 amide bonds. The number of amides is 1. The average molecular weight is 508 g/mol. The SMILES string of the molecule is Cc1ccc(CN(CCc2c[nH]c3ccccc23)Cc2nc(C(=O)NCCc3ccccn3)co2)c(C)c1. The number of aromatic nitrogens is 3. The van der Waals surface area contributed by atoms with Crippen LogP contribution in [0, 0.1) is 13.8 Å². The van der Waals surface area contributed by atoms with Crippen molar-refractivity contribution in [1.29, 1.82) is 0 Å². The smallest absolute Gasteiger partial charge is 0.273 e. The van der Waals surface area contributed by atoms with E-state index in [9.17, 15) is 4.79 Å². The molecule has 194 valence electrons. The first-order valence-corrected chi connectivity index (χ1v) is 13.0. The zero-order chi connectivity index (χ0) is 26.3. The summed E-state index contributed by atoms with van der Waals surface area (Å²) >= 11 is 0. The molecule has 0 aliphatic rings. The van der Waals surface area contributed by atoms with Gasteiger partial charge in [0.05, 0.1) is 6.54 Å². The van der Waals surface area contributed by atoms with Crippen LogP contribution in [0.2, 0.25) is 0 Å². The van der Waals surface area contributed by atoms with Crippen LogP contribution in [0.25, 0.3) is 10.9 Å². The third-order valence-electron chi connectivity index (χ3n) is 6.80. The minimum Gasteiger partial charge on any atom is -0.447 e. The van der Waals surface area contributed by atoms with Gasteiger partial charge in [0.2, 0.25) is 5.89 Å². The molecule has 5 rings (SSSR count). The molecule has 7 heteroatoms. The van der Waals surface area contributed by atoms with E-state index >= 15 is 0 Å². The largest absolute Gasteiger partial charge is 0.447 e. The van der Waals surface area contributed by atoms with Gasteiger partial charge in [0, 0.05) is 55.0 Å². The van der Waals surface area contributed by atoms with Crippen molar-refractivity contribution >= 4 is 16.8 Å². The Labute approximate surface area is 222 Å². The summed E-state index contributed by atoms with van der Waals surface area (Å²) in [6.07, 6.45) is 6.84. The molecule has 0 radical (unpaired) electrons. The molecule has 0 aliphatic carbocycles. The van der Waals surface area contributed by atoms with Crippen LogP contribution in [0.1, 0.15) is 44.3 Å². The number of nitrogens with zero attached hydrogens (tertiary/aromatic N) is 3. The topological polar surface area (TPSA) is 87.0 Å². The number of H-pyrrole nitrogens is 1. The second-order valence-electron chi connectivity index (χ2n) is 9.70. The molecule has 38 heavy (non-hydrogen) atoms. The van der Waals surface area contributed by atoms with E-state index in [1.807, 2.05) is 24.3 Å². The number of aromatic amines is 1. The lowest BCUT2D eigenvalue weighted by Crippen LogP contribution is -2.27. The molecular formula is C31H33N5O2. The van der Waals surface area contributed by atoms with E-state index in [1.54, 1.807) is 6.20 Å². The highest BCUT2D eigenvalue weighted by Crippen LogP contribution is 2.20. The number of hydrogen-bond acceptors (Lipinski definition) is 5. The van der Waals surface area contributed by atoms with Crippen molar-refractivity contribution in [2.24, 2.45) is 0 Å². The van der Waals surface area contributed by atoms with E-state index in [1.165, 1.54) is 33.9 Å². The fourth-order valence-corrected chi connectivity index (χ4v) is 4.71. The fraction of sp³-hybridized carbons (Fsp3) is 0.258. The second-order valence-corrected chi connectivity index (χ2v) is 9.70. The quantitative estimate of drug-likeness (QED) is 0.250. The average Bonchev–Trinajstić information content (AvgIpc) is 3.57. The van der Waals surface area contributed by atoms with Gasteiger partial charge in [0.1, 0.15) is 6.26 Å². The molecular weight excluding hydrogens is 474 g/mol. The molecule has 0 atom stereocenters. The Kier molecular flexibility index (Phi) is 7.95. The van der Waals surface area contributed by atoms with E-state index in [4.69, 9.17) is 4.42 Å². The Morgan fingerprint density at radius 3 is 2.71 bits per heavy atom. The number of nitrogens with one attached hydrogen (secondary N) is 2. The van der Waals surface area contributed by atoms with Crippen molar-refractivity contribution in [1.82, 2.24) is 25.2 Å². The Morgan fingerprint density at radius 2 is 1.87 bits per heavy atom. The van der Waals surface area contributed by atoms with Gasteiger partial charge >= 0.3 is 0 Å². The minimum atomic E-state index is -0.240. The van der Waals surface area contributed by atoms with Gasteiger partial charge in [-0.2, -0.15) is 0 Å². The van der Waals surface area contributed by atoms with Gasteiger partial charge in [0.25, 0.3) is 5.91 Å². The van der Waals surface area contributed by atoms with E-state index in [2.05, 4.69) is 81.6 Å². The Bertz CT molecular complexity index is 1510. The highest BCUT2D eigenvalue weighted by Gasteiger charge is 2.17. The third-order valence-corrected chi connectivity index (χ3v) is 6.80. The molecule has 2 aromatic carbocycles. The zero-order valence-corrected chi connectivity index (χ0v) is 21.9. The molecule has 0 saturated carbocycles. The number of oxazole rings is 1. The van der Waals surface area contributed by atoms with E-state index in [0.29, 0.717) is 31.1 Å². The number of carbonyl (C=O) groups excluding carboxylic acids is 1. The Morgan fingerprint density at radius 1 is 1.00 bits per heavy atom. The summed E-state index contributed by atoms with van der Waals surface area (Å²) in [5.41, 5.74) is 7.45. The predicted molar refractivity (Wildman–Crippen MR) is 149 cm³/mol. The van der Waals surface area contributed by atoms with Gasteiger partial charge in [-0.1, -0.05) is 48.0 Å². The first kappa shape index (κ1) is 25.4. The second kappa shape index (κ2) is 11.9. The summed E-state index contributed by atoms with van der Waals surface area (Å²) < 4.78 is 5.74. The van der Waals surface area contributed by atoms with Crippen molar-refractivity contribution in [2.75, 3.05) is 13.1 Å². The maximum atomic E-state index is 12.6. The number of hydrogen-bond donors (Lipinski definition) is 2. The molecule has 0 bridgehead atoms. The normalized spacial score (nSPS) is 11.3. The number of para-hydroxylation sites is 1. The van der Waals surface area contributed by atoms with E-state index < -0.39 is 0 Å². The molecule has 0 unspecified atom stereocenters. The van der Waals surface area contributed by atoms with Crippen LogP contribution in [0.15, 0.2) is 83.7 Å².